The van der Waals surface area contributed by atoms with E-state index in [2.05, 4.69) is 5.32 Å². The van der Waals surface area contributed by atoms with Crippen LogP contribution in [0, 0.1) is 0 Å². The fourth-order valence-corrected chi connectivity index (χ4v) is 1.89. The third kappa shape index (κ3) is 2.58. The van der Waals surface area contributed by atoms with Gasteiger partial charge in [-0.05, 0) is 19.1 Å². The molecule has 15 heavy (non-hydrogen) atoms. The molecule has 1 aromatic heterocycles. The Labute approximate surface area is 88.6 Å². The lowest BCUT2D eigenvalue weighted by molar-refractivity contribution is 0.0408. The lowest BCUT2D eigenvalue weighted by Crippen LogP contribution is -2.44. The molecule has 0 aromatic carbocycles. The van der Waals surface area contributed by atoms with Crippen LogP contribution in [0.2, 0.25) is 0 Å². The number of halogens is 1. The van der Waals surface area contributed by atoms with Crippen LogP contribution in [-0.2, 0) is 10.4 Å². The second kappa shape index (κ2) is 4.33. The molecule has 2 heterocycles. The molecule has 84 valence electrons. The van der Waals surface area contributed by atoms with Crippen molar-refractivity contribution in [3.8, 4) is 0 Å². The van der Waals surface area contributed by atoms with Gasteiger partial charge in [-0.15, -0.1) is 0 Å². The molecule has 1 fully saturated rings. The first-order valence-electron chi connectivity index (χ1n) is 5.22. The minimum Gasteiger partial charge on any atom is -0.466 e. The maximum Gasteiger partial charge on any atom is 0.167 e. The van der Waals surface area contributed by atoms with E-state index in [4.69, 9.17) is 9.15 Å². The van der Waals surface area contributed by atoms with Crippen molar-refractivity contribution in [3.63, 3.8) is 0 Å². The molecule has 0 aliphatic carbocycles. The van der Waals surface area contributed by atoms with Gasteiger partial charge in [0.15, 0.2) is 5.67 Å². The summed E-state index contributed by atoms with van der Waals surface area (Å²) in [7, 11) is 0. The average molecular weight is 213 g/mol. The van der Waals surface area contributed by atoms with E-state index in [-0.39, 0.29) is 6.04 Å². The maximum absolute atomic E-state index is 14.3. The largest absolute Gasteiger partial charge is 0.466 e. The van der Waals surface area contributed by atoms with Gasteiger partial charge in [-0.25, -0.2) is 4.39 Å². The lowest BCUT2D eigenvalue weighted by Gasteiger charge is -2.28. The van der Waals surface area contributed by atoms with E-state index in [1.165, 1.54) is 6.26 Å². The first kappa shape index (κ1) is 10.6. The van der Waals surface area contributed by atoms with Crippen molar-refractivity contribution in [3.05, 3.63) is 24.2 Å². The van der Waals surface area contributed by atoms with Crippen molar-refractivity contribution in [1.82, 2.24) is 5.32 Å². The van der Waals surface area contributed by atoms with Gasteiger partial charge in [-0.3, -0.25) is 0 Å². The SMILES string of the molecule is CC(F)(CC1COCCN1)c1ccco1. The zero-order valence-electron chi connectivity index (χ0n) is 8.83. The number of nitrogens with one attached hydrogen (secondary N) is 1. The van der Waals surface area contributed by atoms with Crippen molar-refractivity contribution < 1.29 is 13.5 Å². The van der Waals surface area contributed by atoms with Gasteiger partial charge in [0.2, 0.25) is 0 Å². The first-order chi connectivity index (χ1) is 7.18. The quantitative estimate of drug-likeness (QED) is 0.832. The minimum absolute atomic E-state index is 0.0684. The Bertz CT molecular complexity index is 292. The molecule has 0 radical (unpaired) electrons. The molecule has 4 heteroatoms. The van der Waals surface area contributed by atoms with Crippen LogP contribution in [0.5, 0.6) is 0 Å². The highest BCUT2D eigenvalue weighted by molar-refractivity contribution is 5.08. The third-order valence-electron chi connectivity index (χ3n) is 2.66. The molecular weight excluding hydrogens is 197 g/mol. The van der Waals surface area contributed by atoms with Gasteiger partial charge < -0.3 is 14.5 Å². The Balaban J connectivity index is 1.97. The van der Waals surface area contributed by atoms with Crippen LogP contribution in [0.15, 0.2) is 22.8 Å². The number of rotatable bonds is 3. The Morgan fingerprint density at radius 1 is 1.67 bits per heavy atom. The van der Waals surface area contributed by atoms with Crippen molar-refractivity contribution >= 4 is 0 Å². The number of alkyl halides is 1. The van der Waals surface area contributed by atoms with Gasteiger partial charge in [0.05, 0.1) is 19.5 Å². The molecule has 0 bridgehead atoms. The Kier molecular flexibility index (Phi) is 3.07. The number of furan rings is 1. The summed E-state index contributed by atoms with van der Waals surface area (Å²) in [5.41, 5.74) is -1.43. The molecule has 2 rings (SSSR count). The molecule has 0 saturated carbocycles. The van der Waals surface area contributed by atoms with Crippen LogP contribution in [0.25, 0.3) is 0 Å². The van der Waals surface area contributed by atoms with E-state index in [0.29, 0.717) is 25.4 Å². The standard InChI is InChI=1S/C11H16FNO2/c1-11(12,10-3-2-5-15-10)7-9-8-14-6-4-13-9/h2-3,5,9,13H,4,6-8H2,1H3. The van der Waals surface area contributed by atoms with Gasteiger partial charge >= 0.3 is 0 Å². The lowest BCUT2D eigenvalue weighted by atomic mass is 9.96. The predicted molar refractivity (Wildman–Crippen MR) is 54.4 cm³/mol. The van der Waals surface area contributed by atoms with Crippen LogP contribution in [-0.4, -0.2) is 25.8 Å². The molecule has 0 amide bonds. The van der Waals surface area contributed by atoms with Crippen molar-refractivity contribution in [2.45, 2.75) is 25.1 Å². The number of hydrogen-bond donors (Lipinski definition) is 1. The fraction of sp³-hybridized carbons (Fsp3) is 0.636. The number of ether oxygens (including phenoxy) is 1. The summed E-state index contributed by atoms with van der Waals surface area (Å²) in [6.45, 7) is 3.61. The highest BCUT2D eigenvalue weighted by Crippen LogP contribution is 2.31. The van der Waals surface area contributed by atoms with E-state index >= 15 is 0 Å². The van der Waals surface area contributed by atoms with Crippen molar-refractivity contribution in [2.24, 2.45) is 0 Å². The van der Waals surface area contributed by atoms with E-state index < -0.39 is 5.67 Å². The second-order valence-electron chi connectivity index (χ2n) is 4.10. The average Bonchev–Trinajstić information content (AvgIpc) is 2.71. The van der Waals surface area contributed by atoms with Gasteiger partial charge in [0.25, 0.3) is 0 Å². The van der Waals surface area contributed by atoms with Gasteiger partial charge in [-0.1, -0.05) is 0 Å². The molecule has 1 aliphatic rings. The van der Waals surface area contributed by atoms with E-state index in [0.717, 1.165) is 6.54 Å². The van der Waals surface area contributed by atoms with Gasteiger partial charge in [-0.2, -0.15) is 0 Å². The van der Waals surface area contributed by atoms with E-state index in [9.17, 15) is 4.39 Å². The predicted octanol–water partition coefficient (Wildman–Crippen LogP) is 1.84. The molecule has 1 saturated heterocycles. The maximum atomic E-state index is 14.3. The van der Waals surface area contributed by atoms with Crippen molar-refractivity contribution in [2.75, 3.05) is 19.8 Å². The van der Waals surface area contributed by atoms with Crippen LogP contribution < -0.4 is 5.32 Å². The number of hydrogen-bond acceptors (Lipinski definition) is 3. The summed E-state index contributed by atoms with van der Waals surface area (Å²) in [5, 5.41) is 3.23. The molecule has 0 spiro atoms. The molecule has 2 unspecified atom stereocenters. The highest BCUT2D eigenvalue weighted by Gasteiger charge is 2.33. The molecule has 2 atom stereocenters. The van der Waals surface area contributed by atoms with E-state index in [1.54, 1.807) is 19.1 Å². The Morgan fingerprint density at radius 2 is 2.53 bits per heavy atom. The zero-order chi connectivity index (χ0) is 10.7. The highest BCUT2D eigenvalue weighted by atomic mass is 19.1. The molecule has 1 aliphatic heterocycles. The summed E-state index contributed by atoms with van der Waals surface area (Å²) in [4.78, 5) is 0. The van der Waals surface area contributed by atoms with Crippen LogP contribution in [0.1, 0.15) is 19.1 Å². The third-order valence-corrected chi connectivity index (χ3v) is 2.66. The first-order valence-corrected chi connectivity index (χ1v) is 5.22. The van der Waals surface area contributed by atoms with Crippen molar-refractivity contribution in [1.29, 1.82) is 0 Å². The molecule has 1 N–H and O–H groups in total. The van der Waals surface area contributed by atoms with Crippen LogP contribution in [0.4, 0.5) is 4.39 Å². The number of morpholine rings is 1. The Morgan fingerprint density at radius 3 is 3.13 bits per heavy atom. The molecule has 1 aromatic rings. The summed E-state index contributed by atoms with van der Waals surface area (Å²) in [6, 6.07) is 3.45. The Hall–Kier alpha value is -0.870. The van der Waals surface area contributed by atoms with Gasteiger partial charge in [0.1, 0.15) is 5.76 Å². The fourth-order valence-electron chi connectivity index (χ4n) is 1.89. The topological polar surface area (TPSA) is 34.4 Å². The normalized spacial score (nSPS) is 26.1. The van der Waals surface area contributed by atoms with Gasteiger partial charge in [0, 0.05) is 19.0 Å². The second-order valence-corrected chi connectivity index (χ2v) is 4.10. The zero-order valence-corrected chi connectivity index (χ0v) is 8.83. The summed E-state index contributed by atoms with van der Waals surface area (Å²) < 4.78 is 24.6. The monoisotopic (exact) mass is 213 g/mol. The van der Waals surface area contributed by atoms with Crippen LogP contribution >= 0.6 is 0 Å². The van der Waals surface area contributed by atoms with Crippen LogP contribution in [0.3, 0.4) is 0 Å². The molecular formula is C11H16FNO2. The smallest absolute Gasteiger partial charge is 0.167 e. The minimum atomic E-state index is -1.43. The molecule has 3 nitrogen and oxygen atoms in total. The summed E-state index contributed by atoms with van der Waals surface area (Å²) >= 11 is 0. The summed E-state index contributed by atoms with van der Waals surface area (Å²) in [6.07, 6.45) is 1.87. The summed E-state index contributed by atoms with van der Waals surface area (Å²) in [5.74, 6) is 0.384. The van der Waals surface area contributed by atoms with E-state index in [1.807, 2.05) is 0 Å².